The molecule has 1 aromatic rings. The van der Waals surface area contributed by atoms with Crippen LogP contribution >= 0.6 is 0 Å². The molecule has 0 N–H and O–H groups in total. The largest absolute Gasteiger partial charge is 0.393 e. The SMILES string of the molecule is O=C1CC2c3ccccc3C1C1C(=O)OC(=O)C21. The normalized spacial score (nSPS) is 36.3. The number of fused-ring (bicyclic) bond motifs is 1. The number of cyclic esters (lactones) is 2. The van der Waals surface area contributed by atoms with E-state index in [4.69, 9.17) is 4.74 Å². The summed E-state index contributed by atoms with van der Waals surface area (Å²) in [4.78, 5) is 35.6. The number of ketones is 1. The maximum atomic E-state index is 12.1. The molecule has 3 aliphatic carbocycles. The minimum Gasteiger partial charge on any atom is -0.393 e. The number of esters is 2. The number of Topliss-reactive ketones (excluding diaryl/α,β-unsaturated/α-hetero) is 1. The summed E-state index contributed by atoms with van der Waals surface area (Å²) in [7, 11) is 0. The molecule has 4 nitrogen and oxygen atoms in total. The predicted molar refractivity (Wildman–Crippen MR) is 59.6 cm³/mol. The molecule has 90 valence electrons. The highest BCUT2D eigenvalue weighted by Gasteiger charge is 2.61. The molecule has 1 saturated carbocycles. The fourth-order valence-corrected chi connectivity index (χ4v) is 3.76. The van der Waals surface area contributed by atoms with Crippen LogP contribution in [-0.4, -0.2) is 17.7 Å². The molecule has 2 bridgehead atoms. The van der Waals surface area contributed by atoms with E-state index in [1.165, 1.54) is 0 Å². The van der Waals surface area contributed by atoms with Crippen molar-refractivity contribution >= 4 is 17.7 Å². The van der Waals surface area contributed by atoms with Gasteiger partial charge in [-0.05, 0) is 11.1 Å². The van der Waals surface area contributed by atoms with Crippen molar-refractivity contribution in [2.45, 2.75) is 18.3 Å². The minimum absolute atomic E-state index is 0.0617. The van der Waals surface area contributed by atoms with Gasteiger partial charge in [-0.3, -0.25) is 14.4 Å². The first-order valence-electron chi connectivity index (χ1n) is 6.05. The van der Waals surface area contributed by atoms with Crippen LogP contribution in [0.5, 0.6) is 0 Å². The number of carbonyl (C=O) groups excluding carboxylic acids is 3. The molecule has 4 heteroatoms. The average molecular weight is 242 g/mol. The summed E-state index contributed by atoms with van der Waals surface area (Å²) in [5.41, 5.74) is 1.95. The van der Waals surface area contributed by atoms with Crippen LogP contribution in [0, 0.1) is 11.8 Å². The third kappa shape index (κ3) is 0.991. The first-order chi connectivity index (χ1) is 8.68. The molecule has 1 saturated heterocycles. The van der Waals surface area contributed by atoms with Gasteiger partial charge in [-0.2, -0.15) is 0 Å². The standard InChI is InChI=1S/C14H10O4/c15-9-5-8-6-3-1-2-4-7(6)10(9)12-11(8)13(16)18-14(12)17/h1-4,8,10-12H,5H2. The van der Waals surface area contributed by atoms with Gasteiger partial charge in [-0.15, -0.1) is 0 Å². The molecular weight excluding hydrogens is 232 g/mol. The van der Waals surface area contributed by atoms with E-state index in [9.17, 15) is 14.4 Å². The van der Waals surface area contributed by atoms with E-state index < -0.39 is 29.7 Å². The van der Waals surface area contributed by atoms with Crippen molar-refractivity contribution < 1.29 is 19.1 Å². The fourth-order valence-electron chi connectivity index (χ4n) is 3.76. The third-order valence-electron chi connectivity index (χ3n) is 4.42. The van der Waals surface area contributed by atoms with Gasteiger partial charge in [0.2, 0.25) is 0 Å². The number of benzene rings is 1. The van der Waals surface area contributed by atoms with Gasteiger partial charge in [0, 0.05) is 12.3 Å². The van der Waals surface area contributed by atoms with Crippen molar-refractivity contribution in [2.24, 2.45) is 11.8 Å². The molecular formula is C14H10O4. The lowest BCUT2D eigenvalue weighted by Crippen LogP contribution is -2.44. The van der Waals surface area contributed by atoms with Crippen LogP contribution in [0.15, 0.2) is 24.3 Å². The van der Waals surface area contributed by atoms with Gasteiger partial charge in [0.1, 0.15) is 5.78 Å². The van der Waals surface area contributed by atoms with Crippen LogP contribution in [0.25, 0.3) is 0 Å². The summed E-state index contributed by atoms with van der Waals surface area (Å²) in [6.07, 6.45) is 0.352. The average Bonchev–Trinajstić information content (AvgIpc) is 2.66. The van der Waals surface area contributed by atoms with Crippen LogP contribution < -0.4 is 0 Å². The Balaban J connectivity index is 1.98. The van der Waals surface area contributed by atoms with E-state index in [0.29, 0.717) is 6.42 Å². The number of carbonyl (C=O) groups is 3. The Hall–Kier alpha value is -1.97. The van der Waals surface area contributed by atoms with Gasteiger partial charge in [0.15, 0.2) is 0 Å². The molecule has 0 radical (unpaired) electrons. The van der Waals surface area contributed by atoms with Crippen molar-refractivity contribution in [3.05, 3.63) is 35.4 Å². The maximum Gasteiger partial charge on any atom is 0.318 e. The molecule has 4 aliphatic rings. The van der Waals surface area contributed by atoms with Gasteiger partial charge in [0.25, 0.3) is 0 Å². The molecule has 1 aliphatic heterocycles. The second-order valence-corrected chi connectivity index (χ2v) is 5.18. The third-order valence-corrected chi connectivity index (χ3v) is 4.42. The van der Waals surface area contributed by atoms with Gasteiger partial charge in [0.05, 0.1) is 17.8 Å². The van der Waals surface area contributed by atoms with Gasteiger partial charge in [-0.25, -0.2) is 0 Å². The molecule has 0 aromatic heterocycles. The molecule has 5 rings (SSSR count). The Morgan fingerprint density at radius 2 is 1.61 bits per heavy atom. The van der Waals surface area contributed by atoms with Crippen LogP contribution in [0.3, 0.4) is 0 Å². The highest BCUT2D eigenvalue weighted by atomic mass is 16.6. The first kappa shape index (κ1) is 10.00. The van der Waals surface area contributed by atoms with E-state index >= 15 is 0 Å². The zero-order valence-corrected chi connectivity index (χ0v) is 9.46. The van der Waals surface area contributed by atoms with E-state index in [-0.39, 0.29) is 11.7 Å². The summed E-state index contributed by atoms with van der Waals surface area (Å²) in [6, 6.07) is 7.60. The number of rotatable bonds is 0. The quantitative estimate of drug-likeness (QED) is 0.506. The van der Waals surface area contributed by atoms with Crippen LogP contribution in [0.2, 0.25) is 0 Å². The Morgan fingerprint density at radius 3 is 2.39 bits per heavy atom. The Kier molecular flexibility index (Phi) is 1.71. The fraction of sp³-hybridized carbons (Fsp3) is 0.357. The zero-order chi connectivity index (χ0) is 12.4. The molecule has 1 aromatic carbocycles. The van der Waals surface area contributed by atoms with E-state index in [0.717, 1.165) is 11.1 Å². The minimum atomic E-state index is -0.585. The van der Waals surface area contributed by atoms with Crippen LogP contribution in [0.4, 0.5) is 0 Å². The summed E-state index contributed by atoms with van der Waals surface area (Å²) in [6.45, 7) is 0. The summed E-state index contributed by atoms with van der Waals surface area (Å²) < 4.78 is 4.74. The lowest BCUT2D eigenvalue weighted by molar-refractivity contribution is -0.154. The maximum absolute atomic E-state index is 12.1. The van der Waals surface area contributed by atoms with Gasteiger partial charge in [-0.1, -0.05) is 24.3 Å². The van der Waals surface area contributed by atoms with Crippen molar-refractivity contribution in [3.8, 4) is 0 Å². The number of hydrogen-bond donors (Lipinski definition) is 0. The van der Waals surface area contributed by atoms with Crippen LogP contribution in [-0.2, 0) is 19.1 Å². The van der Waals surface area contributed by atoms with Gasteiger partial charge < -0.3 is 4.74 Å². The molecule has 1 heterocycles. The Morgan fingerprint density at radius 1 is 0.944 bits per heavy atom. The molecule has 0 spiro atoms. The van der Waals surface area contributed by atoms with Crippen molar-refractivity contribution in [3.63, 3.8) is 0 Å². The van der Waals surface area contributed by atoms with E-state index in [1.807, 2.05) is 24.3 Å². The zero-order valence-electron chi connectivity index (χ0n) is 9.46. The lowest BCUT2D eigenvalue weighted by atomic mass is 9.56. The summed E-state index contributed by atoms with van der Waals surface area (Å²) in [5.74, 6) is -2.61. The predicted octanol–water partition coefficient (Wildman–Crippen LogP) is 1.16. The van der Waals surface area contributed by atoms with Crippen molar-refractivity contribution in [1.29, 1.82) is 0 Å². The summed E-state index contributed by atoms with van der Waals surface area (Å²) >= 11 is 0. The van der Waals surface area contributed by atoms with E-state index in [1.54, 1.807) is 0 Å². The monoisotopic (exact) mass is 242 g/mol. The van der Waals surface area contributed by atoms with Crippen molar-refractivity contribution in [2.75, 3.05) is 0 Å². The topological polar surface area (TPSA) is 60.4 Å². The van der Waals surface area contributed by atoms with E-state index in [2.05, 4.69) is 0 Å². The molecule has 4 unspecified atom stereocenters. The second-order valence-electron chi connectivity index (χ2n) is 5.18. The van der Waals surface area contributed by atoms with Gasteiger partial charge >= 0.3 is 11.9 Å². The Bertz CT molecular complexity index is 604. The molecule has 2 fully saturated rings. The molecule has 18 heavy (non-hydrogen) atoms. The number of hydrogen-bond acceptors (Lipinski definition) is 4. The smallest absolute Gasteiger partial charge is 0.318 e. The summed E-state index contributed by atoms with van der Waals surface area (Å²) in [5, 5.41) is 0. The molecule has 0 amide bonds. The lowest BCUT2D eigenvalue weighted by Gasteiger charge is -2.42. The highest BCUT2D eigenvalue weighted by Crippen LogP contribution is 2.56. The number of ether oxygens (including phenoxy) is 1. The second kappa shape index (κ2) is 3.07. The van der Waals surface area contributed by atoms with Crippen molar-refractivity contribution in [1.82, 2.24) is 0 Å². The first-order valence-corrected chi connectivity index (χ1v) is 6.05. The highest BCUT2D eigenvalue weighted by molar-refractivity contribution is 6.05. The molecule has 4 atom stereocenters. The van der Waals surface area contributed by atoms with Crippen LogP contribution in [0.1, 0.15) is 29.4 Å². The Labute approximate surface area is 103 Å².